The number of rotatable bonds is 5. The van der Waals surface area contributed by atoms with Crippen LogP contribution in [0.25, 0.3) is 0 Å². The van der Waals surface area contributed by atoms with Crippen molar-refractivity contribution >= 4 is 5.82 Å². The molecule has 0 bridgehead atoms. The van der Waals surface area contributed by atoms with Crippen LogP contribution in [-0.4, -0.2) is 47.2 Å². The van der Waals surface area contributed by atoms with Crippen molar-refractivity contribution in [3.05, 3.63) is 83.3 Å². The summed E-state index contributed by atoms with van der Waals surface area (Å²) in [5.74, 6) is -0.244. The third-order valence-electron chi connectivity index (χ3n) is 6.45. The Morgan fingerprint density at radius 2 is 1.67 bits per heavy atom. The topological polar surface area (TPSA) is 41.5 Å². The van der Waals surface area contributed by atoms with Crippen LogP contribution in [0.4, 0.5) is 14.6 Å². The van der Waals surface area contributed by atoms with Crippen LogP contribution in [0, 0.1) is 11.6 Å². The zero-order chi connectivity index (χ0) is 22.6. The van der Waals surface area contributed by atoms with Crippen LogP contribution < -0.4 is 9.64 Å². The van der Waals surface area contributed by atoms with E-state index in [1.54, 1.807) is 0 Å². The average Bonchev–Trinajstić information content (AvgIpc) is 3.04. The molecule has 2 aliphatic heterocycles. The summed E-state index contributed by atoms with van der Waals surface area (Å²) in [5, 5.41) is 0. The van der Waals surface area contributed by atoms with Gasteiger partial charge in [-0.3, -0.25) is 9.88 Å². The molecule has 3 heterocycles. The van der Waals surface area contributed by atoms with Gasteiger partial charge in [-0.2, -0.15) is 0 Å². The maximum Gasteiger partial charge on any atom is 0.167 e. The summed E-state index contributed by atoms with van der Waals surface area (Å²) in [7, 11) is 0. The van der Waals surface area contributed by atoms with Crippen LogP contribution >= 0.6 is 0 Å². The predicted octanol–water partition coefficient (Wildman–Crippen LogP) is 4.40. The standard InChI is InChI=1S/C26H28F2N4O/c27-20-6-7-25(22(28)16-20)33-21-8-14-32(15-9-21)26-17-29-23-10-12-31(13-11-24(23)30-26)18-19-4-2-1-3-5-19/h1-7,16-17,21H,8-15,18H2. The maximum absolute atomic E-state index is 13.9. The van der Waals surface area contributed by atoms with Crippen LogP contribution in [0.2, 0.25) is 0 Å². The lowest BCUT2D eigenvalue weighted by molar-refractivity contribution is 0.163. The molecule has 2 aromatic carbocycles. The van der Waals surface area contributed by atoms with Crippen molar-refractivity contribution in [1.82, 2.24) is 14.9 Å². The van der Waals surface area contributed by atoms with Crippen LogP contribution in [0.5, 0.6) is 5.75 Å². The van der Waals surface area contributed by atoms with Gasteiger partial charge in [0.2, 0.25) is 0 Å². The van der Waals surface area contributed by atoms with Crippen molar-refractivity contribution in [3.8, 4) is 5.75 Å². The van der Waals surface area contributed by atoms with Gasteiger partial charge in [0.05, 0.1) is 17.6 Å². The third kappa shape index (κ3) is 5.30. The first-order chi connectivity index (χ1) is 16.1. The minimum Gasteiger partial charge on any atom is -0.487 e. The summed E-state index contributed by atoms with van der Waals surface area (Å²) in [6, 6.07) is 14.0. The van der Waals surface area contributed by atoms with Gasteiger partial charge in [0.25, 0.3) is 0 Å². The molecule has 0 N–H and O–H groups in total. The molecular formula is C26H28F2N4O. The molecule has 7 heteroatoms. The summed E-state index contributed by atoms with van der Waals surface area (Å²) < 4.78 is 32.8. The lowest BCUT2D eigenvalue weighted by Crippen LogP contribution is -2.39. The molecule has 5 nitrogen and oxygen atoms in total. The molecule has 0 aliphatic carbocycles. The molecule has 1 fully saturated rings. The van der Waals surface area contributed by atoms with Gasteiger partial charge < -0.3 is 9.64 Å². The van der Waals surface area contributed by atoms with E-state index in [1.165, 1.54) is 17.7 Å². The Morgan fingerprint density at radius 3 is 2.42 bits per heavy atom. The third-order valence-corrected chi connectivity index (χ3v) is 6.45. The summed E-state index contributed by atoms with van der Waals surface area (Å²) in [6.07, 6.45) is 5.09. The SMILES string of the molecule is Fc1ccc(OC2CCN(c3cnc4c(n3)CCN(Cc3ccccc3)CC4)CC2)c(F)c1. The number of aromatic nitrogens is 2. The first-order valence-corrected chi connectivity index (χ1v) is 11.6. The molecule has 3 aromatic rings. The van der Waals surface area contributed by atoms with Crippen LogP contribution in [-0.2, 0) is 19.4 Å². The number of benzene rings is 2. The molecular weight excluding hydrogens is 422 g/mol. The molecule has 0 radical (unpaired) electrons. The molecule has 33 heavy (non-hydrogen) atoms. The second-order valence-corrected chi connectivity index (χ2v) is 8.76. The van der Waals surface area contributed by atoms with Gasteiger partial charge in [-0.25, -0.2) is 13.8 Å². The van der Waals surface area contributed by atoms with Gasteiger partial charge in [0, 0.05) is 64.5 Å². The second-order valence-electron chi connectivity index (χ2n) is 8.76. The van der Waals surface area contributed by atoms with Crippen molar-refractivity contribution in [3.63, 3.8) is 0 Å². The van der Waals surface area contributed by atoms with Crippen molar-refractivity contribution in [2.24, 2.45) is 0 Å². The summed E-state index contributed by atoms with van der Waals surface area (Å²) in [6.45, 7) is 4.43. The average molecular weight is 451 g/mol. The van der Waals surface area contributed by atoms with E-state index >= 15 is 0 Å². The molecule has 0 spiro atoms. The molecule has 1 aromatic heterocycles. The lowest BCUT2D eigenvalue weighted by Gasteiger charge is -2.33. The highest BCUT2D eigenvalue weighted by Gasteiger charge is 2.24. The number of halogens is 2. The smallest absolute Gasteiger partial charge is 0.167 e. The van der Waals surface area contributed by atoms with Crippen molar-refractivity contribution in [2.45, 2.75) is 38.3 Å². The first-order valence-electron chi connectivity index (χ1n) is 11.6. The monoisotopic (exact) mass is 450 g/mol. The Morgan fingerprint density at radius 1 is 0.909 bits per heavy atom. The number of piperidine rings is 1. The van der Waals surface area contributed by atoms with E-state index < -0.39 is 11.6 Å². The van der Waals surface area contributed by atoms with E-state index in [0.717, 1.165) is 81.7 Å². The van der Waals surface area contributed by atoms with Crippen molar-refractivity contribution < 1.29 is 13.5 Å². The molecule has 2 aliphatic rings. The van der Waals surface area contributed by atoms with Crippen LogP contribution in [0.3, 0.4) is 0 Å². The Kier molecular flexibility index (Phi) is 6.48. The number of ether oxygens (including phenoxy) is 1. The Bertz CT molecular complexity index is 1090. The van der Waals surface area contributed by atoms with Gasteiger partial charge in [-0.1, -0.05) is 30.3 Å². The Balaban J connectivity index is 1.18. The van der Waals surface area contributed by atoms with E-state index in [4.69, 9.17) is 14.7 Å². The largest absolute Gasteiger partial charge is 0.487 e. The molecule has 5 rings (SSSR count). The van der Waals surface area contributed by atoms with Gasteiger partial charge in [-0.05, 0) is 17.7 Å². The first kappa shape index (κ1) is 21.8. The number of nitrogens with zero attached hydrogens (tertiary/aromatic N) is 4. The highest BCUT2D eigenvalue weighted by Crippen LogP contribution is 2.25. The summed E-state index contributed by atoms with van der Waals surface area (Å²) >= 11 is 0. The minimum atomic E-state index is -0.657. The maximum atomic E-state index is 13.9. The fourth-order valence-electron chi connectivity index (χ4n) is 4.60. The Labute approximate surface area is 193 Å². The molecule has 0 unspecified atom stereocenters. The van der Waals surface area contributed by atoms with E-state index in [9.17, 15) is 8.78 Å². The summed E-state index contributed by atoms with van der Waals surface area (Å²) in [5.41, 5.74) is 3.52. The Hall–Kier alpha value is -3.06. The molecule has 0 amide bonds. The zero-order valence-electron chi connectivity index (χ0n) is 18.6. The zero-order valence-corrected chi connectivity index (χ0v) is 18.6. The lowest BCUT2D eigenvalue weighted by atomic mass is 10.1. The quantitative estimate of drug-likeness (QED) is 0.576. The van der Waals surface area contributed by atoms with Gasteiger partial charge >= 0.3 is 0 Å². The number of fused-ring (bicyclic) bond motifs is 1. The van der Waals surface area contributed by atoms with E-state index in [-0.39, 0.29) is 11.9 Å². The molecule has 1 saturated heterocycles. The van der Waals surface area contributed by atoms with Gasteiger partial charge in [0.15, 0.2) is 11.6 Å². The number of hydrogen-bond donors (Lipinski definition) is 0. The fourth-order valence-corrected chi connectivity index (χ4v) is 4.60. The normalized spacial score (nSPS) is 17.5. The number of anilines is 1. The molecule has 0 saturated carbocycles. The second kappa shape index (κ2) is 9.83. The van der Waals surface area contributed by atoms with Crippen molar-refractivity contribution in [1.29, 1.82) is 0 Å². The predicted molar refractivity (Wildman–Crippen MR) is 123 cm³/mol. The van der Waals surface area contributed by atoms with Gasteiger partial charge in [-0.15, -0.1) is 0 Å². The van der Waals surface area contributed by atoms with E-state index in [0.29, 0.717) is 0 Å². The van der Waals surface area contributed by atoms with Gasteiger partial charge in [0.1, 0.15) is 17.7 Å². The molecule has 172 valence electrons. The highest BCUT2D eigenvalue weighted by molar-refractivity contribution is 5.39. The van der Waals surface area contributed by atoms with Crippen LogP contribution in [0.15, 0.2) is 54.7 Å². The van der Waals surface area contributed by atoms with E-state index in [2.05, 4.69) is 34.1 Å². The fraction of sp³-hybridized carbons (Fsp3) is 0.385. The van der Waals surface area contributed by atoms with E-state index in [1.807, 2.05) is 12.3 Å². The van der Waals surface area contributed by atoms with Crippen molar-refractivity contribution in [2.75, 3.05) is 31.1 Å². The van der Waals surface area contributed by atoms with Crippen LogP contribution in [0.1, 0.15) is 29.8 Å². The molecule has 0 atom stereocenters. The minimum absolute atomic E-state index is 0.0958. The number of hydrogen-bond acceptors (Lipinski definition) is 5. The highest BCUT2D eigenvalue weighted by atomic mass is 19.1. The summed E-state index contributed by atoms with van der Waals surface area (Å²) in [4.78, 5) is 14.4.